The number of aromatic amines is 1. The minimum Gasteiger partial charge on any atom is -0.464 e. The highest BCUT2D eigenvalue weighted by Gasteiger charge is 2.33. The van der Waals surface area contributed by atoms with Crippen LogP contribution in [-0.4, -0.2) is 40.4 Å². The first-order valence-corrected chi connectivity index (χ1v) is 10.4. The SMILES string of the molecule is CCOC(=O)C(N/C=C1\C(=N)C(C)=C(Br)C=C1C(F)F)c1[nH]c(=S)n2c1C[C@@H](F)C2. The molecule has 1 aliphatic carbocycles. The van der Waals surface area contributed by atoms with Gasteiger partial charge >= 0.3 is 5.97 Å². The van der Waals surface area contributed by atoms with E-state index in [0.717, 1.165) is 0 Å². The molecule has 30 heavy (non-hydrogen) atoms. The fourth-order valence-electron chi connectivity index (χ4n) is 3.43. The summed E-state index contributed by atoms with van der Waals surface area (Å²) < 4.78 is 48.4. The van der Waals surface area contributed by atoms with Crippen LogP contribution in [0.5, 0.6) is 0 Å². The van der Waals surface area contributed by atoms with Crippen LogP contribution in [-0.2, 0) is 22.5 Å². The van der Waals surface area contributed by atoms with Crippen LogP contribution in [0.3, 0.4) is 0 Å². The van der Waals surface area contributed by atoms with Gasteiger partial charge in [-0.2, -0.15) is 0 Å². The first kappa shape index (κ1) is 22.5. The molecule has 0 fully saturated rings. The van der Waals surface area contributed by atoms with Crippen LogP contribution in [0.25, 0.3) is 0 Å². The first-order valence-electron chi connectivity index (χ1n) is 9.19. The number of carbonyl (C=O) groups excluding carboxylic acids is 1. The van der Waals surface area contributed by atoms with Crippen molar-refractivity contribution in [2.75, 3.05) is 6.61 Å². The summed E-state index contributed by atoms with van der Waals surface area (Å²) in [5, 5.41) is 11.0. The molecule has 0 spiro atoms. The van der Waals surface area contributed by atoms with E-state index >= 15 is 0 Å². The van der Waals surface area contributed by atoms with E-state index in [-0.39, 0.29) is 41.2 Å². The van der Waals surface area contributed by atoms with Crippen LogP contribution in [0.1, 0.15) is 31.3 Å². The molecule has 2 heterocycles. The normalized spacial score (nSPS) is 21.2. The number of hydrogen-bond acceptors (Lipinski definition) is 5. The first-order chi connectivity index (χ1) is 14.1. The summed E-state index contributed by atoms with van der Waals surface area (Å²) in [5.41, 5.74) is 0.829. The Morgan fingerprint density at radius 3 is 2.90 bits per heavy atom. The van der Waals surface area contributed by atoms with Crippen molar-refractivity contribution in [3.63, 3.8) is 0 Å². The number of aromatic nitrogens is 2. The van der Waals surface area contributed by atoms with Crippen molar-refractivity contribution in [2.45, 2.75) is 45.5 Å². The Morgan fingerprint density at radius 1 is 1.57 bits per heavy atom. The smallest absolute Gasteiger partial charge is 0.334 e. The fraction of sp³-hybridized carbons (Fsp3) is 0.421. The molecule has 2 atom stereocenters. The highest BCUT2D eigenvalue weighted by molar-refractivity contribution is 9.12. The van der Waals surface area contributed by atoms with Crippen molar-refractivity contribution >= 4 is 39.8 Å². The number of imidazole rings is 1. The number of fused-ring (bicyclic) bond motifs is 1. The molecule has 0 saturated heterocycles. The largest absolute Gasteiger partial charge is 0.464 e. The second-order valence-corrected chi connectivity index (χ2v) is 8.10. The predicted molar refractivity (Wildman–Crippen MR) is 112 cm³/mol. The average molecular weight is 505 g/mol. The summed E-state index contributed by atoms with van der Waals surface area (Å²) in [4.78, 5) is 15.5. The van der Waals surface area contributed by atoms with Gasteiger partial charge in [0.25, 0.3) is 6.43 Å². The Hall–Kier alpha value is -2.14. The molecule has 6 nitrogen and oxygen atoms in total. The standard InChI is InChI=1S/C19H20BrF3N4O2S/c1-3-29-18(28)16(15-13-4-9(21)7-27(13)19(30)26-15)25-6-11-10(17(22)23)5-12(20)8(2)14(11)24/h5-6,9,16-17,24-25H,3-4,7H2,1-2H3,(H,26,30)/b11-6-,24-14?/t9-,16?/m1/s1. The van der Waals surface area contributed by atoms with Gasteiger partial charge in [0.15, 0.2) is 10.8 Å². The molecule has 3 N–H and O–H groups in total. The molecule has 1 unspecified atom stereocenters. The number of rotatable bonds is 6. The highest BCUT2D eigenvalue weighted by atomic mass is 79.9. The van der Waals surface area contributed by atoms with Crippen LogP contribution < -0.4 is 5.32 Å². The summed E-state index contributed by atoms with van der Waals surface area (Å²) in [6.45, 7) is 3.45. The molecule has 162 valence electrons. The van der Waals surface area contributed by atoms with Crippen molar-refractivity contribution in [1.29, 1.82) is 5.41 Å². The number of H-pyrrole nitrogens is 1. The van der Waals surface area contributed by atoms with E-state index in [1.807, 2.05) is 0 Å². The number of halogens is 4. The lowest BCUT2D eigenvalue weighted by Gasteiger charge is -2.21. The molecule has 1 aromatic rings. The van der Waals surface area contributed by atoms with E-state index in [9.17, 15) is 18.0 Å². The molecule has 0 amide bonds. The lowest BCUT2D eigenvalue weighted by molar-refractivity contribution is -0.145. The topological polar surface area (TPSA) is 82.9 Å². The minimum absolute atomic E-state index is 0.0437. The van der Waals surface area contributed by atoms with Gasteiger partial charge in [0.1, 0.15) is 6.17 Å². The molecule has 0 saturated carbocycles. The number of nitrogens with one attached hydrogen (secondary N) is 3. The lowest BCUT2D eigenvalue weighted by atomic mass is 9.92. The van der Waals surface area contributed by atoms with E-state index in [1.165, 1.54) is 12.3 Å². The summed E-state index contributed by atoms with van der Waals surface area (Å²) in [6.07, 6.45) is -1.42. The zero-order valence-electron chi connectivity index (χ0n) is 16.2. The van der Waals surface area contributed by atoms with Gasteiger partial charge in [-0.1, -0.05) is 15.9 Å². The Morgan fingerprint density at radius 2 is 2.27 bits per heavy atom. The molecule has 0 radical (unpaired) electrons. The van der Waals surface area contributed by atoms with E-state index < -0.39 is 24.6 Å². The highest BCUT2D eigenvalue weighted by Crippen LogP contribution is 2.33. The summed E-state index contributed by atoms with van der Waals surface area (Å²) in [5.74, 6) is -0.672. The van der Waals surface area contributed by atoms with E-state index in [1.54, 1.807) is 18.4 Å². The monoisotopic (exact) mass is 504 g/mol. The van der Waals surface area contributed by atoms with E-state index in [2.05, 4.69) is 26.2 Å². The molecular weight excluding hydrogens is 485 g/mol. The zero-order valence-corrected chi connectivity index (χ0v) is 18.6. The zero-order chi connectivity index (χ0) is 22.2. The van der Waals surface area contributed by atoms with Gasteiger partial charge in [-0.25, -0.2) is 18.0 Å². The van der Waals surface area contributed by atoms with Crippen molar-refractivity contribution in [3.8, 4) is 0 Å². The van der Waals surface area contributed by atoms with Crippen LogP contribution in [0, 0.1) is 10.2 Å². The van der Waals surface area contributed by atoms with Crippen molar-refractivity contribution in [2.24, 2.45) is 0 Å². The predicted octanol–water partition coefficient (Wildman–Crippen LogP) is 4.41. The number of carbonyl (C=O) groups is 1. The van der Waals surface area contributed by atoms with Crippen LogP contribution in [0.15, 0.2) is 33.5 Å². The second-order valence-electron chi connectivity index (χ2n) is 6.86. The van der Waals surface area contributed by atoms with Crippen molar-refractivity contribution in [1.82, 2.24) is 14.9 Å². The van der Waals surface area contributed by atoms with Crippen molar-refractivity contribution in [3.05, 3.63) is 49.6 Å². The molecule has 0 bridgehead atoms. The average Bonchev–Trinajstić information content (AvgIpc) is 3.20. The van der Waals surface area contributed by atoms with Crippen LogP contribution >= 0.6 is 28.1 Å². The van der Waals surface area contributed by atoms with Gasteiger partial charge in [-0.3, -0.25) is 5.41 Å². The van der Waals surface area contributed by atoms with Gasteiger partial charge in [-0.15, -0.1) is 0 Å². The van der Waals surface area contributed by atoms with Gasteiger partial charge in [-0.05, 0) is 37.7 Å². The van der Waals surface area contributed by atoms with Crippen LogP contribution in [0.4, 0.5) is 13.2 Å². The Bertz CT molecular complexity index is 1040. The van der Waals surface area contributed by atoms with Gasteiger partial charge in [0.2, 0.25) is 0 Å². The van der Waals surface area contributed by atoms with Gasteiger partial charge in [0.05, 0.1) is 24.6 Å². The maximum absolute atomic E-state index is 13.9. The molecule has 1 aliphatic heterocycles. The number of ether oxygens (including phenoxy) is 1. The second kappa shape index (κ2) is 8.93. The molecule has 1 aromatic heterocycles. The third kappa shape index (κ3) is 4.18. The number of hydrogen-bond donors (Lipinski definition) is 3. The Labute approximate surface area is 184 Å². The fourth-order valence-corrected chi connectivity index (χ4v) is 4.17. The molecule has 0 aromatic carbocycles. The van der Waals surface area contributed by atoms with Crippen LogP contribution in [0.2, 0.25) is 0 Å². The third-order valence-electron chi connectivity index (χ3n) is 4.96. The van der Waals surface area contributed by atoms with Crippen molar-refractivity contribution < 1.29 is 22.7 Å². The maximum atomic E-state index is 13.9. The molecular formula is C19H20BrF3N4O2S. The van der Waals surface area contributed by atoms with Gasteiger partial charge in [0, 0.05) is 33.9 Å². The maximum Gasteiger partial charge on any atom is 0.334 e. The van der Waals surface area contributed by atoms with Gasteiger partial charge < -0.3 is 19.6 Å². The number of esters is 1. The molecule has 11 heteroatoms. The number of nitrogens with zero attached hydrogens (tertiary/aromatic N) is 1. The van der Waals surface area contributed by atoms with E-state index in [4.69, 9.17) is 22.4 Å². The molecule has 2 aliphatic rings. The summed E-state index contributed by atoms with van der Waals surface area (Å²) >= 11 is 8.41. The number of allylic oxidation sites excluding steroid dienone is 5. The Kier molecular flexibility index (Phi) is 6.71. The number of alkyl halides is 3. The van der Waals surface area contributed by atoms with E-state index in [0.29, 0.717) is 21.4 Å². The summed E-state index contributed by atoms with van der Waals surface area (Å²) in [6, 6.07) is -1.12. The minimum atomic E-state index is -2.82. The quantitative estimate of drug-likeness (QED) is 0.395. The Balaban J connectivity index is 2.01. The lowest BCUT2D eigenvalue weighted by Crippen LogP contribution is -2.29. The third-order valence-corrected chi connectivity index (χ3v) is 6.10. The molecule has 3 rings (SSSR count). The summed E-state index contributed by atoms with van der Waals surface area (Å²) in [7, 11) is 0.